The number of urea groups is 1. The number of hydrogen-bond donors (Lipinski definition) is 2. The zero-order valence-corrected chi connectivity index (χ0v) is 12.4. The first-order chi connectivity index (χ1) is 10.8. The highest BCUT2D eigenvalue weighted by atomic mass is 19.4. The van der Waals surface area contributed by atoms with Gasteiger partial charge >= 0.3 is 12.2 Å². The van der Waals surface area contributed by atoms with E-state index < -0.39 is 24.0 Å². The van der Waals surface area contributed by atoms with Gasteiger partial charge in [-0.1, -0.05) is 12.1 Å². The molecule has 3 N–H and O–H groups in total. The van der Waals surface area contributed by atoms with Gasteiger partial charge in [0.1, 0.15) is 0 Å². The molecule has 0 unspecified atom stereocenters. The van der Waals surface area contributed by atoms with Gasteiger partial charge in [-0.3, -0.25) is 4.79 Å². The summed E-state index contributed by atoms with van der Waals surface area (Å²) >= 11 is 0. The number of carbonyl (C=O) groups is 2. The number of benzene rings is 1. The van der Waals surface area contributed by atoms with Gasteiger partial charge < -0.3 is 16.0 Å². The van der Waals surface area contributed by atoms with Crippen molar-refractivity contribution in [1.82, 2.24) is 10.2 Å². The van der Waals surface area contributed by atoms with E-state index in [0.717, 1.165) is 5.56 Å². The van der Waals surface area contributed by atoms with Crippen LogP contribution in [0.5, 0.6) is 0 Å². The predicted octanol–water partition coefficient (Wildman–Crippen LogP) is 2.27. The third-order valence-corrected chi connectivity index (χ3v) is 3.84. The van der Waals surface area contributed by atoms with Crippen molar-refractivity contribution in [3.05, 3.63) is 35.4 Å². The summed E-state index contributed by atoms with van der Waals surface area (Å²) in [5.41, 5.74) is 6.03. The van der Waals surface area contributed by atoms with Crippen LogP contribution in [0.4, 0.5) is 18.0 Å². The second-order valence-corrected chi connectivity index (χ2v) is 5.55. The van der Waals surface area contributed by atoms with Crippen LogP contribution in [0.15, 0.2) is 24.3 Å². The Labute approximate surface area is 131 Å². The minimum atomic E-state index is -4.27. The molecular weight excluding hydrogens is 311 g/mol. The molecule has 1 saturated heterocycles. The summed E-state index contributed by atoms with van der Waals surface area (Å²) in [4.78, 5) is 24.2. The van der Waals surface area contributed by atoms with E-state index in [-0.39, 0.29) is 19.5 Å². The van der Waals surface area contributed by atoms with Crippen LogP contribution >= 0.6 is 0 Å². The minimum Gasteiger partial charge on any atom is -0.352 e. The quantitative estimate of drug-likeness (QED) is 0.892. The fourth-order valence-corrected chi connectivity index (χ4v) is 2.57. The largest absolute Gasteiger partial charge is 0.393 e. The fourth-order valence-electron chi connectivity index (χ4n) is 2.57. The number of nitrogens with two attached hydrogens (primary N) is 1. The van der Waals surface area contributed by atoms with E-state index in [1.54, 1.807) is 12.1 Å². The Hall–Kier alpha value is -2.25. The van der Waals surface area contributed by atoms with Gasteiger partial charge in [-0.05, 0) is 30.5 Å². The second kappa shape index (κ2) is 6.89. The minimum absolute atomic E-state index is 0.0605. The Morgan fingerprint density at radius 3 is 2.48 bits per heavy atom. The molecule has 1 aromatic rings. The highest BCUT2D eigenvalue weighted by molar-refractivity contribution is 5.94. The molecule has 1 atom stereocenters. The molecule has 3 amide bonds. The Kier molecular flexibility index (Phi) is 5.12. The summed E-state index contributed by atoms with van der Waals surface area (Å²) in [5.74, 6) is -1.87. The van der Waals surface area contributed by atoms with Gasteiger partial charge in [0.25, 0.3) is 5.91 Å². The van der Waals surface area contributed by atoms with Gasteiger partial charge in [0.05, 0.1) is 5.92 Å². The summed E-state index contributed by atoms with van der Waals surface area (Å²) in [6.45, 7) is 0.257. The summed E-state index contributed by atoms with van der Waals surface area (Å²) in [6.07, 6.45) is -3.87. The lowest BCUT2D eigenvalue weighted by molar-refractivity contribution is -0.184. The Morgan fingerprint density at radius 2 is 1.91 bits per heavy atom. The zero-order chi connectivity index (χ0) is 17.0. The van der Waals surface area contributed by atoms with Gasteiger partial charge in [-0.25, -0.2) is 4.79 Å². The maximum atomic E-state index is 12.8. The van der Waals surface area contributed by atoms with E-state index in [2.05, 4.69) is 5.32 Å². The lowest BCUT2D eigenvalue weighted by Crippen LogP contribution is -2.44. The molecule has 1 heterocycles. The number of likely N-dealkylation sites (tertiary alicyclic amines) is 1. The lowest BCUT2D eigenvalue weighted by atomic mass is 9.97. The highest BCUT2D eigenvalue weighted by Crippen LogP contribution is 2.33. The smallest absolute Gasteiger partial charge is 0.352 e. The van der Waals surface area contributed by atoms with Gasteiger partial charge in [-0.2, -0.15) is 13.2 Å². The zero-order valence-electron chi connectivity index (χ0n) is 12.4. The maximum Gasteiger partial charge on any atom is 0.393 e. The molecule has 0 aromatic heterocycles. The third kappa shape index (κ3) is 4.61. The molecule has 1 aliphatic heterocycles. The van der Waals surface area contributed by atoms with Crippen molar-refractivity contribution in [2.45, 2.75) is 25.6 Å². The number of nitrogens with zero attached hydrogens (tertiary/aromatic N) is 1. The number of amides is 3. The first-order valence-corrected chi connectivity index (χ1v) is 7.25. The third-order valence-electron chi connectivity index (χ3n) is 3.84. The normalized spacial score (nSPS) is 18.6. The number of nitrogens with one attached hydrogen (secondary N) is 1. The molecule has 1 fully saturated rings. The van der Waals surface area contributed by atoms with Crippen LogP contribution in [0.1, 0.15) is 28.8 Å². The van der Waals surface area contributed by atoms with E-state index in [0.29, 0.717) is 18.5 Å². The number of halogens is 3. The fraction of sp³-hybridized carbons (Fsp3) is 0.467. The van der Waals surface area contributed by atoms with Crippen LogP contribution in [0, 0.1) is 5.92 Å². The van der Waals surface area contributed by atoms with Gasteiger partial charge in [0.2, 0.25) is 0 Å². The molecule has 1 aromatic carbocycles. The molecule has 5 nitrogen and oxygen atoms in total. The van der Waals surface area contributed by atoms with Gasteiger partial charge in [0, 0.05) is 25.2 Å². The van der Waals surface area contributed by atoms with Crippen LogP contribution in [-0.2, 0) is 6.54 Å². The standard InChI is InChI=1S/C15H18F3N3O2/c16-15(17,18)12-2-1-7-21(9-12)13(22)11-5-3-10(4-6-11)8-20-14(19)23/h3-6,12H,1-2,7-9H2,(H3,19,20,23)/t12-/m0/s1. The second-order valence-electron chi connectivity index (χ2n) is 5.55. The van der Waals surface area contributed by atoms with Crippen molar-refractivity contribution in [3.8, 4) is 0 Å². The first kappa shape index (κ1) is 17.1. The van der Waals surface area contributed by atoms with Crippen LogP contribution in [0.3, 0.4) is 0 Å². The molecule has 0 radical (unpaired) electrons. The molecule has 0 bridgehead atoms. The first-order valence-electron chi connectivity index (χ1n) is 7.25. The molecular formula is C15H18F3N3O2. The van der Waals surface area contributed by atoms with Crippen molar-refractivity contribution in [3.63, 3.8) is 0 Å². The number of hydrogen-bond acceptors (Lipinski definition) is 2. The number of piperidine rings is 1. The van der Waals surface area contributed by atoms with Crippen molar-refractivity contribution >= 4 is 11.9 Å². The Balaban J connectivity index is 2.01. The van der Waals surface area contributed by atoms with E-state index >= 15 is 0 Å². The number of alkyl halides is 3. The van der Waals surface area contributed by atoms with Crippen LogP contribution < -0.4 is 11.1 Å². The predicted molar refractivity (Wildman–Crippen MR) is 77.5 cm³/mol. The van der Waals surface area contributed by atoms with E-state index in [1.165, 1.54) is 17.0 Å². The average Bonchev–Trinajstić information content (AvgIpc) is 2.52. The lowest BCUT2D eigenvalue weighted by Gasteiger charge is -2.33. The molecule has 23 heavy (non-hydrogen) atoms. The van der Waals surface area contributed by atoms with Crippen LogP contribution in [0.2, 0.25) is 0 Å². The monoisotopic (exact) mass is 329 g/mol. The Bertz CT molecular complexity index is 572. The number of rotatable bonds is 3. The summed E-state index contributed by atoms with van der Waals surface area (Å²) in [7, 11) is 0. The topological polar surface area (TPSA) is 75.4 Å². The molecule has 0 spiro atoms. The van der Waals surface area contributed by atoms with E-state index in [4.69, 9.17) is 5.73 Å². The van der Waals surface area contributed by atoms with Gasteiger partial charge in [0.15, 0.2) is 0 Å². The van der Waals surface area contributed by atoms with Crippen LogP contribution in [0.25, 0.3) is 0 Å². The SMILES string of the molecule is NC(=O)NCc1ccc(C(=O)N2CCC[C@H](C(F)(F)F)C2)cc1. The van der Waals surface area contributed by atoms with E-state index in [1.807, 2.05) is 0 Å². The molecule has 8 heteroatoms. The molecule has 0 aliphatic carbocycles. The molecule has 0 saturated carbocycles. The van der Waals surface area contributed by atoms with Crippen molar-refractivity contribution in [1.29, 1.82) is 0 Å². The van der Waals surface area contributed by atoms with Crippen molar-refractivity contribution in [2.24, 2.45) is 11.7 Å². The number of primary amides is 1. The van der Waals surface area contributed by atoms with E-state index in [9.17, 15) is 22.8 Å². The summed E-state index contributed by atoms with van der Waals surface area (Å²) < 4.78 is 38.4. The van der Waals surface area contributed by atoms with Gasteiger partial charge in [-0.15, -0.1) is 0 Å². The Morgan fingerprint density at radius 1 is 1.26 bits per heavy atom. The molecule has 1 aliphatic rings. The highest BCUT2D eigenvalue weighted by Gasteiger charge is 2.42. The average molecular weight is 329 g/mol. The molecule has 2 rings (SSSR count). The van der Waals surface area contributed by atoms with Crippen molar-refractivity contribution in [2.75, 3.05) is 13.1 Å². The van der Waals surface area contributed by atoms with Crippen LogP contribution in [-0.4, -0.2) is 36.1 Å². The van der Waals surface area contributed by atoms with Crippen molar-refractivity contribution < 1.29 is 22.8 Å². The summed E-state index contributed by atoms with van der Waals surface area (Å²) in [6, 6.07) is 5.69. The summed E-state index contributed by atoms with van der Waals surface area (Å²) in [5, 5.41) is 2.41. The molecule has 126 valence electrons. The number of carbonyl (C=O) groups excluding carboxylic acids is 2. The maximum absolute atomic E-state index is 12.8.